The Kier molecular flexibility index (Phi) is 5.44. The minimum atomic E-state index is -0.0943. The van der Waals surface area contributed by atoms with Gasteiger partial charge < -0.3 is 14.6 Å². The highest BCUT2D eigenvalue weighted by Crippen LogP contribution is 2.50. The predicted octanol–water partition coefficient (Wildman–Crippen LogP) is 7.24. The van der Waals surface area contributed by atoms with E-state index in [1.807, 2.05) is 12.1 Å². The minimum Gasteiger partial charge on any atom is -0.469 e. The van der Waals surface area contributed by atoms with Crippen molar-refractivity contribution in [2.24, 2.45) is 0 Å². The highest BCUT2D eigenvalue weighted by Gasteiger charge is 2.39. The van der Waals surface area contributed by atoms with Gasteiger partial charge in [-0.25, -0.2) is 0 Å². The van der Waals surface area contributed by atoms with Gasteiger partial charge in [0.1, 0.15) is 5.76 Å². The quantitative estimate of drug-likeness (QED) is 0.340. The van der Waals surface area contributed by atoms with Gasteiger partial charge in [-0.15, -0.1) is 0 Å². The monoisotopic (exact) mass is 462 g/mol. The van der Waals surface area contributed by atoms with Gasteiger partial charge in [-0.3, -0.25) is 4.79 Å². The molecule has 0 radical (unpaired) electrons. The molecule has 6 rings (SSSR count). The minimum absolute atomic E-state index is 0.0662. The van der Waals surface area contributed by atoms with Crippen molar-refractivity contribution >= 4 is 27.9 Å². The molecule has 0 bridgehead atoms. The number of Topliss-reactive ketones (excluding diaryl/α,β-unsaturated/α-hetero) is 1. The molecule has 0 spiro atoms. The summed E-state index contributed by atoms with van der Waals surface area (Å²) in [5.41, 5.74) is 6.61. The summed E-state index contributed by atoms with van der Waals surface area (Å²) in [6.07, 6.45) is 2.94. The number of carbonyl (C=O) groups is 1. The first-order chi connectivity index (χ1) is 17.2. The number of anilines is 2. The first-order valence-corrected chi connectivity index (χ1v) is 12.6. The summed E-state index contributed by atoms with van der Waals surface area (Å²) in [5, 5.41) is 6.06. The molecule has 1 aliphatic heterocycles. The largest absolute Gasteiger partial charge is 0.469 e. The Balaban J connectivity index is 1.52. The third kappa shape index (κ3) is 3.65. The highest BCUT2D eigenvalue weighted by atomic mass is 16.3. The van der Waals surface area contributed by atoms with Crippen molar-refractivity contribution in [3.05, 3.63) is 107 Å². The summed E-state index contributed by atoms with van der Waals surface area (Å²) >= 11 is 0. The molecule has 1 aromatic heterocycles. The summed E-state index contributed by atoms with van der Waals surface area (Å²) in [7, 11) is 0. The maximum Gasteiger partial charge on any atom is 0.162 e. The van der Waals surface area contributed by atoms with Crippen LogP contribution < -0.4 is 10.2 Å². The fraction of sp³-hybridized carbons (Fsp3) is 0.258. The van der Waals surface area contributed by atoms with E-state index >= 15 is 0 Å². The lowest BCUT2D eigenvalue weighted by molar-refractivity contribution is -0.116. The maximum absolute atomic E-state index is 13.8. The SMILES string of the molecule is CCN(CC)c1ccc([C@H]2C3=C(C[C@@H](c4ccco4)CC3=O)Nc3ccc4ccccc4c32)cc1. The molecule has 35 heavy (non-hydrogen) atoms. The molecular formula is C31H30N2O2. The smallest absolute Gasteiger partial charge is 0.162 e. The van der Waals surface area contributed by atoms with E-state index in [0.717, 1.165) is 47.8 Å². The lowest BCUT2D eigenvalue weighted by Gasteiger charge is -2.37. The molecule has 2 atom stereocenters. The number of nitrogens with zero attached hydrogens (tertiary/aromatic N) is 1. The lowest BCUT2D eigenvalue weighted by Crippen LogP contribution is -2.30. The Bertz CT molecular complexity index is 1410. The predicted molar refractivity (Wildman–Crippen MR) is 142 cm³/mol. The second kappa shape index (κ2) is 8.77. The molecule has 0 saturated carbocycles. The fourth-order valence-corrected chi connectivity index (χ4v) is 5.93. The zero-order chi connectivity index (χ0) is 23.9. The van der Waals surface area contributed by atoms with Crippen LogP contribution in [0.5, 0.6) is 0 Å². The van der Waals surface area contributed by atoms with E-state index in [-0.39, 0.29) is 17.6 Å². The summed E-state index contributed by atoms with van der Waals surface area (Å²) in [6, 6.07) is 25.5. The molecule has 0 amide bonds. The number of hydrogen-bond donors (Lipinski definition) is 1. The number of allylic oxidation sites excluding steroid dienone is 2. The number of benzene rings is 3. The molecule has 1 aliphatic carbocycles. The van der Waals surface area contributed by atoms with Gasteiger partial charge in [0.05, 0.1) is 6.26 Å². The molecule has 2 heterocycles. The zero-order valence-electron chi connectivity index (χ0n) is 20.3. The van der Waals surface area contributed by atoms with Crippen molar-refractivity contribution in [3.63, 3.8) is 0 Å². The van der Waals surface area contributed by atoms with Crippen LogP contribution >= 0.6 is 0 Å². The fourth-order valence-electron chi connectivity index (χ4n) is 5.93. The molecule has 0 unspecified atom stereocenters. The summed E-state index contributed by atoms with van der Waals surface area (Å²) in [6.45, 7) is 6.30. The Morgan fingerprint density at radius 3 is 2.46 bits per heavy atom. The number of furan rings is 1. The van der Waals surface area contributed by atoms with Gasteiger partial charge in [-0.2, -0.15) is 0 Å². The molecular weight excluding hydrogens is 432 g/mol. The first-order valence-electron chi connectivity index (χ1n) is 12.6. The van der Waals surface area contributed by atoms with Crippen LogP contribution in [0.25, 0.3) is 10.8 Å². The van der Waals surface area contributed by atoms with Crippen LogP contribution in [0.3, 0.4) is 0 Å². The lowest BCUT2D eigenvalue weighted by atomic mass is 9.71. The Morgan fingerprint density at radius 2 is 1.71 bits per heavy atom. The Hall–Kier alpha value is -3.79. The number of rotatable bonds is 5. The van der Waals surface area contributed by atoms with Crippen LogP contribution in [0.4, 0.5) is 11.4 Å². The standard InChI is InChI=1S/C31H30N2O2/c1-3-33(4-2)23-14-11-21(12-15-23)29-30-24-9-6-5-8-20(24)13-16-25(30)32-26-18-22(19-27(34)31(26)29)28-10-7-17-35-28/h5-17,22,29,32H,3-4,18-19H2,1-2H3/t22-,29-/m1/s1. The number of ketones is 1. The van der Waals surface area contributed by atoms with E-state index in [1.54, 1.807) is 6.26 Å². The third-order valence-electron chi connectivity index (χ3n) is 7.64. The normalized spacial score (nSPS) is 19.3. The van der Waals surface area contributed by atoms with Crippen LogP contribution in [-0.4, -0.2) is 18.9 Å². The first kappa shape index (κ1) is 21.7. The van der Waals surface area contributed by atoms with Crippen LogP contribution in [0.15, 0.2) is 94.7 Å². The van der Waals surface area contributed by atoms with Gasteiger partial charge >= 0.3 is 0 Å². The van der Waals surface area contributed by atoms with E-state index in [2.05, 4.69) is 84.7 Å². The van der Waals surface area contributed by atoms with Crippen molar-refractivity contribution in [3.8, 4) is 0 Å². The molecule has 2 aliphatic rings. The van der Waals surface area contributed by atoms with E-state index in [9.17, 15) is 4.79 Å². The summed E-state index contributed by atoms with van der Waals surface area (Å²) in [4.78, 5) is 16.1. The van der Waals surface area contributed by atoms with Gasteiger partial charge in [-0.05, 0) is 72.5 Å². The van der Waals surface area contributed by atoms with E-state index in [4.69, 9.17) is 4.42 Å². The van der Waals surface area contributed by atoms with Crippen molar-refractivity contribution in [1.82, 2.24) is 0 Å². The van der Waals surface area contributed by atoms with Crippen LogP contribution in [0, 0.1) is 0 Å². The zero-order valence-corrected chi connectivity index (χ0v) is 20.3. The molecule has 0 fully saturated rings. The van der Waals surface area contributed by atoms with Crippen molar-refractivity contribution in [2.75, 3.05) is 23.3 Å². The van der Waals surface area contributed by atoms with E-state index in [1.165, 1.54) is 22.0 Å². The molecule has 4 aromatic rings. The van der Waals surface area contributed by atoms with Crippen LogP contribution in [-0.2, 0) is 4.79 Å². The van der Waals surface area contributed by atoms with Crippen LogP contribution in [0.2, 0.25) is 0 Å². The molecule has 4 nitrogen and oxygen atoms in total. The molecule has 3 aromatic carbocycles. The Labute approximate surface area is 206 Å². The molecule has 0 saturated heterocycles. The second-order valence-corrected chi connectivity index (χ2v) is 9.51. The second-order valence-electron chi connectivity index (χ2n) is 9.51. The van der Waals surface area contributed by atoms with Crippen molar-refractivity contribution in [1.29, 1.82) is 0 Å². The summed E-state index contributed by atoms with van der Waals surface area (Å²) < 4.78 is 5.69. The van der Waals surface area contributed by atoms with Gasteiger partial charge in [-0.1, -0.05) is 42.5 Å². The van der Waals surface area contributed by atoms with Crippen LogP contribution in [0.1, 0.15) is 55.4 Å². The Morgan fingerprint density at radius 1 is 0.914 bits per heavy atom. The third-order valence-corrected chi connectivity index (χ3v) is 7.64. The number of nitrogens with one attached hydrogen (secondary N) is 1. The number of fused-ring (bicyclic) bond motifs is 3. The molecule has 176 valence electrons. The number of hydrogen-bond acceptors (Lipinski definition) is 4. The average molecular weight is 463 g/mol. The molecule has 1 N–H and O–H groups in total. The summed E-state index contributed by atoms with van der Waals surface area (Å²) in [5.74, 6) is 1.06. The van der Waals surface area contributed by atoms with Gasteiger partial charge in [0.15, 0.2) is 5.78 Å². The van der Waals surface area contributed by atoms with Crippen molar-refractivity contribution in [2.45, 2.75) is 38.5 Å². The van der Waals surface area contributed by atoms with E-state index < -0.39 is 0 Å². The van der Waals surface area contributed by atoms with Gasteiger partial charge in [0, 0.05) is 54.0 Å². The van der Waals surface area contributed by atoms with Gasteiger partial charge in [0.25, 0.3) is 0 Å². The average Bonchev–Trinajstić information content (AvgIpc) is 3.44. The molecule has 4 heteroatoms. The van der Waals surface area contributed by atoms with E-state index in [0.29, 0.717) is 6.42 Å². The maximum atomic E-state index is 13.8. The van der Waals surface area contributed by atoms with Crippen molar-refractivity contribution < 1.29 is 9.21 Å². The topological polar surface area (TPSA) is 45.5 Å². The van der Waals surface area contributed by atoms with Gasteiger partial charge in [0.2, 0.25) is 0 Å². The highest BCUT2D eigenvalue weighted by molar-refractivity contribution is 6.04. The number of carbonyl (C=O) groups excluding carboxylic acids is 1.